The molecule has 6 fully saturated rings. The molecule has 0 aromatic carbocycles. The lowest BCUT2D eigenvalue weighted by atomic mass is 9.46. The number of epoxide rings is 3. The quantitative estimate of drug-likeness (QED) is 0.263. The number of ether oxygens (including phenoxy) is 6. The average molecular weight is 523 g/mol. The summed E-state index contributed by atoms with van der Waals surface area (Å²) < 4.78 is 37.6. The predicted molar refractivity (Wildman–Crippen MR) is 120 cm³/mol. The summed E-state index contributed by atoms with van der Waals surface area (Å²) in [7, 11) is 0. The fourth-order valence-corrected chi connectivity index (χ4v) is 9.18. The number of carbonyl (C=O) groups excluding carboxylic acids is 1. The van der Waals surface area contributed by atoms with Gasteiger partial charge in [-0.05, 0) is 36.7 Å². The molecule has 5 heterocycles. The smallest absolute Gasteiger partial charge is 0.334 e. The van der Waals surface area contributed by atoms with Gasteiger partial charge in [-0.1, -0.05) is 20.8 Å². The van der Waals surface area contributed by atoms with Gasteiger partial charge in [0.2, 0.25) is 0 Å². The first-order valence-electron chi connectivity index (χ1n) is 13.5. The molecular formula is C26H34O11. The summed E-state index contributed by atoms with van der Waals surface area (Å²) in [5.41, 5.74) is -0.753. The minimum Gasteiger partial charge on any atom is -0.458 e. The number of hydrogen-bond acceptors (Lipinski definition) is 11. The molecule has 14 atom stereocenters. The van der Waals surface area contributed by atoms with Gasteiger partial charge in [0.15, 0.2) is 11.9 Å². The average Bonchev–Trinajstić information content (AvgIpc) is 3.77. The highest BCUT2D eigenvalue weighted by Gasteiger charge is 3.01. The van der Waals surface area contributed by atoms with E-state index in [0.717, 1.165) is 17.6 Å². The van der Waals surface area contributed by atoms with Crippen LogP contribution >= 0.6 is 0 Å². The van der Waals surface area contributed by atoms with Crippen molar-refractivity contribution in [3.05, 3.63) is 11.1 Å². The number of fused-ring (bicyclic) bond motifs is 4. The Hall–Kier alpha value is -1.15. The summed E-state index contributed by atoms with van der Waals surface area (Å²) in [5, 5.41) is 41.2. The van der Waals surface area contributed by atoms with Gasteiger partial charge in [0, 0.05) is 11.0 Å². The largest absolute Gasteiger partial charge is 0.458 e. The number of hydrogen-bond donors (Lipinski definition) is 4. The van der Waals surface area contributed by atoms with E-state index < -0.39 is 60.2 Å². The van der Waals surface area contributed by atoms with Crippen LogP contribution in [0.15, 0.2) is 11.1 Å². The van der Waals surface area contributed by atoms with Gasteiger partial charge in [0.1, 0.15) is 60.5 Å². The van der Waals surface area contributed by atoms with Gasteiger partial charge in [-0.2, -0.15) is 0 Å². The lowest BCUT2D eigenvalue weighted by Gasteiger charge is -2.54. The van der Waals surface area contributed by atoms with Crippen molar-refractivity contribution in [3.8, 4) is 0 Å². The van der Waals surface area contributed by atoms with Crippen LogP contribution in [0.5, 0.6) is 0 Å². The summed E-state index contributed by atoms with van der Waals surface area (Å²) in [6.45, 7) is 6.11. The molecule has 4 saturated heterocycles. The van der Waals surface area contributed by atoms with Crippen LogP contribution in [0.2, 0.25) is 0 Å². The number of aliphatic hydroxyl groups excluding tert-OH is 4. The van der Waals surface area contributed by atoms with E-state index in [-0.39, 0.29) is 41.5 Å². The third-order valence-corrected chi connectivity index (χ3v) is 11.2. The Labute approximate surface area is 213 Å². The molecule has 2 saturated carbocycles. The molecule has 11 heteroatoms. The highest BCUT2D eigenvalue weighted by atomic mass is 16.8. The molecule has 0 radical (unpaired) electrons. The van der Waals surface area contributed by atoms with Crippen molar-refractivity contribution < 1.29 is 53.6 Å². The van der Waals surface area contributed by atoms with E-state index >= 15 is 0 Å². The van der Waals surface area contributed by atoms with Crippen LogP contribution in [0.3, 0.4) is 0 Å². The van der Waals surface area contributed by atoms with Crippen molar-refractivity contribution in [1.29, 1.82) is 0 Å². The first-order chi connectivity index (χ1) is 17.6. The van der Waals surface area contributed by atoms with Gasteiger partial charge < -0.3 is 48.8 Å². The number of esters is 1. The van der Waals surface area contributed by atoms with Crippen molar-refractivity contribution in [3.63, 3.8) is 0 Å². The molecule has 0 aromatic rings. The Morgan fingerprint density at radius 2 is 1.86 bits per heavy atom. The molecule has 8 rings (SSSR count). The molecule has 204 valence electrons. The standard InChI is InChI=1S/C26H34O11/c1-9(2)24-18(36-24)19-26(37-19)23(3)5-4-10-11(8-32-20(10)31)12(23)6-14-25(26,35-14)22(24)34-21-17(30)16(29)15(28)13(7-27)33-21/h9,12-19,21-22,27-30H,4-8H2,1-3H3/t12-,13+,14-,15+,16-,17+,18-,19-,21-,22+,23-,24-,25+,26+/m0/s1. The molecule has 37 heavy (non-hydrogen) atoms. The van der Waals surface area contributed by atoms with Gasteiger partial charge in [-0.15, -0.1) is 0 Å². The summed E-state index contributed by atoms with van der Waals surface area (Å²) in [5.74, 6) is -0.111. The monoisotopic (exact) mass is 522 g/mol. The van der Waals surface area contributed by atoms with Crippen LogP contribution in [0.4, 0.5) is 0 Å². The number of rotatable bonds is 4. The molecule has 0 amide bonds. The van der Waals surface area contributed by atoms with Crippen molar-refractivity contribution in [1.82, 2.24) is 0 Å². The van der Waals surface area contributed by atoms with E-state index in [1.807, 2.05) is 0 Å². The topological polar surface area (TPSA) is 163 Å². The maximum absolute atomic E-state index is 12.4. The zero-order valence-corrected chi connectivity index (χ0v) is 21.0. The second-order valence-electron chi connectivity index (χ2n) is 12.7. The normalized spacial score (nSPS) is 60.5. The minimum atomic E-state index is -1.55. The second-order valence-corrected chi connectivity index (χ2v) is 12.7. The molecule has 2 spiro atoms. The minimum absolute atomic E-state index is 0.0286. The highest BCUT2D eigenvalue weighted by Crippen LogP contribution is 2.83. The molecule has 4 N–H and O–H groups in total. The molecule has 0 bridgehead atoms. The van der Waals surface area contributed by atoms with Crippen LogP contribution < -0.4 is 0 Å². The number of carbonyl (C=O) groups is 1. The van der Waals surface area contributed by atoms with Gasteiger partial charge in [0.25, 0.3) is 0 Å². The Morgan fingerprint density at radius 3 is 2.59 bits per heavy atom. The van der Waals surface area contributed by atoms with Crippen LogP contribution in [0, 0.1) is 17.3 Å². The van der Waals surface area contributed by atoms with E-state index in [4.69, 9.17) is 28.4 Å². The van der Waals surface area contributed by atoms with E-state index in [0.29, 0.717) is 19.4 Å². The Bertz CT molecular complexity index is 1110. The van der Waals surface area contributed by atoms with Gasteiger partial charge in [-0.3, -0.25) is 0 Å². The molecule has 11 nitrogen and oxygen atoms in total. The van der Waals surface area contributed by atoms with E-state index in [1.54, 1.807) is 0 Å². The molecule has 3 aliphatic carbocycles. The summed E-state index contributed by atoms with van der Waals surface area (Å²) in [6.07, 6.45) is -6.18. The summed E-state index contributed by atoms with van der Waals surface area (Å²) in [4.78, 5) is 12.4. The van der Waals surface area contributed by atoms with Gasteiger partial charge >= 0.3 is 5.97 Å². The number of cyclic esters (lactones) is 1. The Morgan fingerprint density at radius 1 is 1.08 bits per heavy atom. The molecule has 8 aliphatic rings. The van der Waals surface area contributed by atoms with Crippen molar-refractivity contribution in [2.75, 3.05) is 13.2 Å². The van der Waals surface area contributed by atoms with Gasteiger partial charge in [0.05, 0.1) is 12.7 Å². The maximum Gasteiger partial charge on any atom is 0.334 e. The van der Waals surface area contributed by atoms with Crippen LogP contribution in [-0.4, -0.2) is 112 Å². The third-order valence-electron chi connectivity index (χ3n) is 11.2. The maximum atomic E-state index is 12.4. The predicted octanol–water partition coefficient (Wildman–Crippen LogP) is -1.07. The third kappa shape index (κ3) is 2.41. The van der Waals surface area contributed by atoms with E-state index in [1.165, 1.54) is 0 Å². The highest BCUT2D eigenvalue weighted by molar-refractivity contribution is 5.92. The molecule has 0 aromatic heterocycles. The fraction of sp³-hybridized carbons (Fsp3) is 0.885. The van der Waals surface area contributed by atoms with Crippen molar-refractivity contribution >= 4 is 5.97 Å². The SMILES string of the molecule is CC(C)[C@]12O[C@H]1[C@@H]1O[C@]13[C@]1(O[C@H]1C[C@H]1C4=C(CC[C@@]13C)C(=O)OC4)[C@@H]2O[C@@H]1O[C@H](CO)[C@@H](O)[C@H](O)[C@H]1O. The summed E-state index contributed by atoms with van der Waals surface area (Å²) in [6, 6.07) is 0. The fourth-order valence-electron chi connectivity index (χ4n) is 9.18. The Balaban J connectivity index is 1.20. The van der Waals surface area contributed by atoms with E-state index in [2.05, 4.69) is 20.8 Å². The van der Waals surface area contributed by atoms with Gasteiger partial charge in [-0.25, -0.2) is 4.79 Å². The van der Waals surface area contributed by atoms with Crippen molar-refractivity contribution in [2.45, 2.75) is 112 Å². The lowest BCUT2D eigenvalue weighted by molar-refractivity contribution is -0.325. The molecule has 5 aliphatic heterocycles. The lowest BCUT2D eigenvalue weighted by Crippen LogP contribution is -2.71. The zero-order chi connectivity index (χ0) is 25.9. The first-order valence-corrected chi connectivity index (χ1v) is 13.5. The zero-order valence-electron chi connectivity index (χ0n) is 21.0. The number of aliphatic hydroxyl groups is 4. The molecule has 0 unspecified atom stereocenters. The Kier molecular flexibility index (Phi) is 4.45. The second kappa shape index (κ2) is 6.94. The van der Waals surface area contributed by atoms with E-state index in [9.17, 15) is 25.2 Å². The first kappa shape index (κ1) is 23.7. The summed E-state index contributed by atoms with van der Waals surface area (Å²) >= 11 is 0. The van der Waals surface area contributed by atoms with Crippen LogP contribution in [0.25, 0.3) is 0 Å². The van der Waals surface area contributed by atoms with Crippen molar-refractivity contribution in [2.24, 2.45) is 17.3 Å². The van der Waals surface area contributed by atoms with Crippen LogP contribution in [-0.2, 0) is 33.2 Å². The molecular weight excluding hydrogens is 488 g/mol. The van der Waals surface area contributed by atoms with Crippen LogP contribution in [0.1, 0.15) is 40.0 Å².